The van der Waals surface area contributed by atoms with Crippen LogP contribution in [-0.2, 0) is 0 Å². The van der Waals surface area contributed by atoms with Gasteiger partial charge in [0.05, 0.1) is 0 Å². The molecule has 0 bridgehead atoms. The van der Waals surface area contributed by atoms with Crippen molar-refractivity contribution >= 4 is 0 Å². The minimum atomic E-state index is -1.00. The lowest BCUT2D eigenvalue weighted by molar-refractivity contribution is -0.372. The molecule has 3 N–H and O–H groups in total. The van der Waals surface area contributed by atoms with Gasteiger partial charge in [-0.1, -0.05) is 15.6 Å². The Hall–Kier alpha value is -0.160. The van der Waals surface area contributed by atoms with Crippen LogP contribution in [-0.4, -0.2) is 15.6 Å². The van der Waals surface area contributed by atoms with Crippen LogP contribution in [0, 0.1) is 0 Å². The highest BCUT2D eigenvalue weighted by atomic mass is 17.0. The minimum Gasteiger partial charge on any atom is -0.0865 e. The normalized spacial score (nSPS) is 9.00. The molecule has 1 radical (unpaired) electrons. The number of hydrogen-bond donors (Lipinski definition) is 3. The highest BCUT2D eigenvalue weighted by Gasteiger charge is 1.88. The van der Waals surface area contributed by atoms with Crippen LogP contribution in [0.5, 0.6) is 0 Å². The molecule has 0 unspecified atom stereocenters. The van der Waals surface area contributed by atoms with Gasteiger partial charge in [0, 0.05) is 0 Å². The van der Waals surface area contributed by atoms with Gasteiger partial charge < -0.3 is 0 Å². The van der Waals surface area contributed by atoms with Gasteiger partial charge in [0.1, 0.15) is 0 Å². The highest BCUT2D eigenvalue weighted by molar-refractivity contribution is 3.33. The van der Waals surface area contributed by atoms with Crippen molar-refractivity contribution in [2.75, 3.05) is 0 Å². The molecule has 4 heavy (non-hydrogen) atoms. The zero-order chi connectivity index (χ0) is 3.58. The average Bonchev–Trinajstić information content (AvgIpc) is 0.811. The van der Waals surface area contributed by atoms with Crippen molar-refractivity contribution in [3.05, 3.63) is 0 Å². The molecule has 0 aromatic carbocycles. The van der Waals surface area contributed by atoms with Crippen LogP contribution in [0.15, 0.2) is 0 Å². The fourth-order valence-electron chi connectivity index (χ4n) is 0. The first kappa shape index (κ1) is 3.84. The first-order valence-electron chi connectivity index (χ1n) is 0.600. The summed E-state index contributed by atoms with van der Waals surface area (Å²) in [5.74, 6) is 0. The lowest BCUT2D eigenvalue weighted by atomic mass is 13.0. The Labute approximate surface area is 22.4 Å². The highest BCUT2D eigenvalue weighted by Crippen LogP contribution is 1.35. The second kappa shape index (κ2) is 1.19. The zero-order valence-corrected chi connectivity index (χ0v) is 1.79. The fourth-order valence-corrected chi connectivity index (χ4v) is 0. The van der Waals surface area contributed by atoms with Crippen LogP contribution < -0.4 is 5.39 Å². The molecule has 0 amide bonds. The van der Waals surface area contributed by atoms with Gasteiger partial charge in [-0.05, 0) is 0 Å². The summed E-state index contributed by atoms with van der Waals surface area (Å²) in [6.07, 6.45) is 0. The molecule has 0 saturated carbocycles. The molecule has 0 fully saturated rings. The van der Waals surface area contributed by atoms with Gasteiger partial charge in [-0.2, -0.15) is 0 Å². The molecule has 0 aliphatic rings. The van der Waals surface area contributed by atoms with Crippen LogP contribution in [0.4, 0.5) is 0 Å². The van der Waals surface area contributed by atoms with Gasteiger partial charge in [-0.15, -0.1) is 0 Å². The third kappa shape index (κ3) is 50.7. The van der Waals surface area contributed by atoms with E-state index in [9.17, 15) is 0 Å². The van der Waals surface area contributed by atoms with Gasteiger partial charge >= 0.3 is 5.39 Å². The van der Waals surface area contributed by atoms with E-state index < -0.39 is 5.39 Å². The SMILES string of the molecule is O[N+](O)O. The Morgan fingerprint density at radius 3 is 1.00 bits per heavy atom. The summed E-state index contributed by atoms with van der Waals surface area (Å²) >= 11 is 0. The quantitative estimate of drug-likeness (QED) is 0.327. The Kier molecular flexibility index (Phi) is 1.14. The predicted octanol–water partition coefficient (Wildman–Crippen LogP) is -0.706. The molecule has 0 heterocycles. The van der Waals surface area contributed by atoms with Crippen molar-refractivity contribution in [1.82, 2.24) is 5.39 Å². The summed E-state index contributed by atoms with van der Waals surface area (Å²) in [5.41, 5.74) is 0. The van der Waals surface area contributed by atoms with E-state index in [0.717, 1.165) is 0 Å². The summed E-state index contributed by atoms with van der Waals surface area (Å²) in [6, 6.07) is 0. The summed E-state index contributed by atoms with van der Waals surface area (Å²) in [4.78, 5) is 0. The molecule has 0 rings (SSSR count). The Bertz CT molecular complexity index is 8.00. The summed E-state index contributed by atoms with van der Waals surface area (Å²) in [5, 5.41) is 20.0. The molecular weight excluding hydrogens is 62.0 g/mol. The first-order valence-corrected chi connectivity index (χ1v) is 0.600. The molecular formula is H3NO3+. The van der Waals surface area contributed by atoms with Crippen LogP contribution in [0.25, 0.3) is 0 Å². The first-order chi connectivity index (χ1) is 1.73. The molecule has 25 valence electrons. The van der Waals surface area contributed by atoms with Crippen molar-refractivity contribution in [1.29, 1.82) is 0 Å². The minimum absolute atomic E-state index is 1.00. The Morgan fingerprint density at radius 2 is 1.00 bits per heavy atom. The third-order valence-corrected chi connectivity index (χ3v) is 0. The van der Waals surface area contributed by atoms with Gasteiger partial charge in [-0.25, -0.2) is 0 Å². The van der Waals surface area contributed by atoms with Crippen molar-refractivity contribution in [3.63, 3.8) is 0 Å². The molecule has 0 aliphatic carbocycles. The Balaban J connectivity index is 2.32. The van der Waals surface area contributed by atoms with E-state index in [1.54, 1.807) is 0 Å². The molecule has 0 spiro atoms. The largest absolute Gasteiger partial charge is 0.345 e. The van der Waals surface area contributed by atoms with Crippen LogP contribution >= 0.6 is 0 Å². The van der Waals surface area contributed by atoms with Gasteiger partial charge in [0.15, 0.2) is 0 Å². The van der Waals surface area contributed by atoms with E-state index >= 15 is 0 Å². The summed E-state index contributed by atoms with van der Waals surface area (Å²) in [7, 11) is 0. The van der Waals surface area contributed by atoms with Crippen LogP contribution in [0.1, 0.15) is 0 Å². The van der Waals surface area contributed by atoms with E-state index in [2.05, 4.69) is 0 Å². The third-order valence-electron chi connectivity index (χ3n) is 0. The fraction of sp³-hybridized carbons (Fsp3) is 0. The van der Waals surface area contributed by atoms with E-state index in [-0.39, 0.29) is 0 Å². The van der Waals surface area contributed by atoms with Gasteiger partial charge in [0.2, 0.25) is 0 Å². The van der Waals surface area contributed by atoms with Crippen molar-refractivity contribution in [2.45, 2.75) is 0 Å². The molecule has 0 saturated heterocycles. The van der Waals surface area contributed by atoms with E-state index in [1.165, 1.54) is 0 Å². The van der Waals surface area contributed by atoms with E-state index in [1.807, 2.05) is 0 Å². The smallest absolute Gasteiger partial charge is 0.0865 e. The van der Waals surface area contributed by atoms with Crippen LogP contribution in [0.2, 0.25) is 0 Å². The molecule has 0 aliphatic heterocycles. The number of rotatable bonds is 0. The topological polar surface area (TPSA) is 66.6 Å². The maximum Gasteiger partial charge on any atom is 0.345 e. The molecule has 0 atom stereocenters. The van der Waals surface area contributed by atoms with Crippen molar-refractivity contribution < 1.29 is 15.6 Å². The van der Waals surface area contributed by atoms with Crippen molar-refractivity contribution in [3.8, 4) is 0 Å². The predicted molar refractivity (Wildman–Crippen MR) is 7.49 cm³/mol. The molecule has 0 aromatic heterocycles. The summed E-state index contributed by atoms with van der Waals surface area (Å²) < 4.78 is 0. The van der Waals surface area contributed by atoms with E-state index in [0.29, 0.717) is 0 Å². The standard InChI is InChI=1S/H3NO3/c2-1(3)4/h2-4H/q+1. The Morgan fingerprint density at radius 1 is 1.00 bits per heavy atom. The monoisotopic (exact) mass is 65.0 g/mol. The second-order valence-electron chi connectivity index (χ2n) is 0.268. The van der Waals surface area contributed by atoms with E-state index in [4.69, 9.17) is 15.6 Å². The number of nitrogens with zero attached hydrogens (tertiary/aromatic N) is 1. The van der Waals surface area contributed by atoms with Crippen molar-refractivity contribution in [2.24, 2.45) is 0 Å². The molecule has 0 aromatic rings. The van der Waals surface area contributed by atoms with Gasteiger partial charge in [-0.3, -0.25) is 0 Å². The molecule has 4 nitrogen and oxygen atoms in total. The number of hydrogen-bond acceptors (Lipinski definition) is 4. The second-order valence-corrected chi connectivity index (χ2v) is 0.268. The lowest BCUT2D eigenvalue weighted by Gasteiger charge is -1.62. The maximum absolute atomic E-state index is 7.00. The zero-order valence-electron chi connectivity index (χ0n) is 1.79. The molecule has 4 heteroatoms. The summed E-state index contributed by atoms with van der Waals surface area (Å²) in [6.45, 7) is 0. The van der Waals surface area contributed by atoms with Crippen LogP contribution in [0.3, 0.4) is 0 Å². The van der Waals surface area contributed by atoms with Gasteiger partial charge in [0.25, 0.3) is 0 Å². The average molecular weight is 65.0 g/mol. The maximum atomic E-state index is 7.00. The lowest BCUT2D eigenvalue weighted by Crippen LogP contribution is -2.12.